The monoisotopic (exact) mass is 423 g/mol. The summed E-state index contributed by atoms with van der Waals surface area (Å²) in [4.78, 5) is 46.2. The fraction of sp³-hybridized carbons (Fsp3) is 0.364. The van der Waals surface area contributed by atoms with E-state index in [1.807, 2.05) is 6.92 Å². The van der Waals surface area contributed by atoms with Crippen molar-refractivity contribution < 1.29 is 14.3 Å². The Hall–Kier alpha value is -3.00. The molecular formula is C22H21N3O4S. The maximum absolute atomic E-state index is 13.1. The van der Waals surface area contributed by atoms with Gasteiger partial charge in [0, 0.05) is 17.0 Å². The van der Waals surface area contributed by atoms with Gasteiger partial charge in [0.15, 0.2) is 12.4 Å². The van der Waals surface area contributed by atoms with Crippen molar-refractivity contribution in [2.45, 2.75) is 39.2 Å². The van der Waals surface area contributed by atoms with E-state index in [0.29, 0.717) is 28.9 Å². The average Bonchev–Trinajstić information content (AvgIpc) is 3.14. The number of likely N-dealkylation sites (N-methyl/N-ethyl adjacent to an activating group) is 1. The van der Waals surface area contributed by atoms with Crippen molar-refractivity contribution in [3.8, 4) is 5.75 Å². The lowest BCUT2D eigenvalue weighted by molar-refractivity contribution is -0.121. The Bertz CT molecular complexity index is 1240. The molecule has 0 bridgehead atoms. The van der Waals surface area contributed by atoms with Gasteiger partial charge < -0.3 is 9.64 Å². The smallest absolute Gasteiger partial charge is 0.265 e. The molecule has 3 heterocycles. The second kappa shape index (κ2) is 7.36. The van der Waals surface area contributed by atoms with Crippen molar-refractivity contribution in [3.05, 3.63) is 50.9 Å². The Kier molecular flexibility index (Phi) is 4.66. The van der Waals surface area contributed by atoms with Gasteiger partial charge in [-0.3, -0.25) is 19.0 Å². The summed E-state index contributed by atoms with van der Waals surface area (Å²) in [6.07, 6.45) is 5.59. The van der Waals surface area contributed by atoms with Gasteiger partial charge in [-0.05, 0) is 56.4 Å². The van der Waals surface area contributed by atoms with Crippen LogP contribution < -0.4 is 15.2 Å². The normalized spacial score (nSPS) is 15.6. The first-order valence-corrected chi connectivity index (χ1v) is 11.0. The molecule has 2 aliphatic rings. The Morgan fingerprint density at radius 2 is 2.07 bits per heavy atom. The zero-order valence-corrected chi connectivity index (χ0v) is 17.5. The molecule has 0 saturated heterocycles. The maximum atomic E-state index is 13.1. The number of nitrogens with zero attached hydrogens (tertiary/aromatic N) is 3. The van der Waals surface area contributed by atoms with Gasteiger partial charge in [0.25, 0.3) is 11.5 Å². The first-order valence-electron chi connectivity index (χ1n) is 10.2. The molecule has 1 amide bonds. The highest BCUT2D eigenvalue weighted by atomic mass is 32.1. The number of hydrogen-bond acceptors (Lipinski definition) is 6. The van der Waals surface area contributed by atoms with E-state index in [2.05, 4.69) is 4.98 Å². The van der Waals surface area contributed by atoms with Crippen LogP contribution in [0.25, 0.3) is 10.2 Å². The summed E-state index contributed by atoms with van der Waals surface area (Å²) in [5, 5.41) is 0.673. The number of aromatic nitrogens is 2. The Balaban J connectivity index is 1.48. The zero-order chi connectivity index (χ0) is 20.8. The number of amides is 1. The molecule has 3 aromatic rings. The van der Waals surface area contributed by atoms with Gasteiger partial charge in [-0.15, -0.1) is 11.3 Å². The molecule has 0 radical (unpaired) electrons. The molecule has 0 saturated carbocycles. The molecule has 0 atom stereocenters. The van der Waals surface area contributed by atoms with E-state index in [1.54, 1.807) is 34.4 Å². The summed E-state index contributed by atoms with van der Waals surface area (Å²) in [6.45, 7) is 2.28. The number of fused-ring (bicyclic) bond motifs is 4. The highest BCUT2D eigenvalue weighted by Gasteiger charge is 2.26. The second-order valence-electron chi connectivity index (χ2n) is 7.60. The maximum Gasteiger partial charge on any atom is 0.265 e. The fourth-order valence-electron chi connectivity index (χ4n) is 4.26. The number of benzene rings is 1. The van der Waals surface area contributed by atoms with E-state index in [1.165, 1.54) is 15.8 Å². The van der Waals surface area contributed by atoms with Crippen molar-refractivity contribution in [1.82, 2.24) is 9.55 Å². The van der Waals surface area contributed by atoms with E-state index in [9.17, 15) is 14.4 Å². The number of ether oxygens (including phenoxy) is 1. The number of carbonyl (C=O) groups is 2. The number of thiophene rings is 1. The number of anilines is 1. The number of hydrogen-bond donors (Lipinski definition) is 0. The van der Waals surface area contributed by atoms with Crippen LogP contribution in [-0.4, -0.2) is 34.4 Å². The lowest BCUT2D eigenvalue weighted by Crippen LogP contribution is -2.38. The van der Waals surface area contributed by atoms with Crippen molar-refractivity contribution in [2.24, 2.45) is 0 Å². The third-order valence-electron chi connectivity index (χ3n) is 5.80. The van der Waals surface area contributed by atoms with Gasteiger partial charge in [-0.2, -0.15) is 0 Å². The van der Waals surface area contributed by atoms with Crippen LogP contribution in [0.4, 0.5) is 5.69 Å². The number of rotatable bonds is 4. The number of aryl methyl sites for hydroxylation is 2. The molecule has 1 aliphatic heterocycles. The van der Waals surface area contributed by atoms with Crippen molar-refractivity contribution in [3.63, 3.8) is 0 Å². The van der Waals surface area contributed by atoms with Gasteiger partial charge in [0.05, 0.1) is 23.9 Å². The van der Waals surface area contributed by atoms with Crippen LogP contribution >= 0.6 is 11.3 Å². The van der Waals surface area contributed by atoms with Gasteiger partial charge >= 0.3 is 0 Å². The predicted octanol–water partition coefficient (Wildman–Crippen LogP) is 2.97. The topological polar surface area (TPSA) is 81.5 Å². The molecule has 8 heteroatoms. The predicted molar refractivity (Wildman–Crippen MR) is 115 cm³/mol. The quantitative estimate of drug-likeness (QED) is 0.603. The second-order valence-corrected chi connectivity index (χ2v) is 8.68. The van der Waals surface area contributed by atoms with E-state index in [-0.39, 0.29) is 30.4 Å². The third kappa shape index (κ3) is 3.02. The first kappa shape index (κ1) is 19.0. The van der Waals surface area contributed by atoms with Crippen LogP contribution in [-0.2, 0) is 24.2 Å². The molecule has 30 heavy (non-hydrogen) atoms. The minimum absolute atomic E-state index is 0.000171. The van der Waals surface area contributed by atoms with Crippen LogP contribution in [0.1, 0.15) is 40.6 Å². The molecule has 0 unspecified atom stereocenters. The summed E-state index contributed by atoms with van der Waals surface area (Å²) in [6, 6.07) is 5.05. The lowest BCUT2D eigenvalue weighted by atomic mass is 9.97. The SMILES string of the molecule is CCN1C(=O)COc2ccc(C(=O)Cn3cnc4sc5c(c4c3=O)CCCC5)cc21. The standard InChI is InChI=1S/C22H21N3O4S/c1-2-25-15-9-13(7-8-17(15)29-11-19(25)27)16(26)10-24-12-23-21-20(22(24)28)14-5-3-4-6-18(14)30-21/h7-9,12H,2-6,10-11H2,1H3. The molecule has 1 aromatic carbocycles. The molecule has 1 aliphatic carbocycles. The molecule has 5 rings (SSSR count). The molecule has 7 nitrogen and oxygen atoms in total. The lowest BCUT2D eigenvalue weighted by Gasteiger charge is -2.28. The van der Waals surface area contributed by atoms with E-state index >= 15 is 0 Å². The average molecular weight is 423 g/mol. The highest BCUT2D eigenvalue weighted by molar-refractivity contribution is 7.18. The molecule has 0 spiro atoms. The summed E-state index contributed by atoms with van der Waals surface area (Å²) in [7, 11) is 0. The molecule has 0 N–H and O–H groups in total. The van der Waals surface area contributed by atoms with Gasteiger partial charge in [-0.1, -0.05) is 0 Å². The van der Waals surface area contributed by atoms with E-state index in [4.69, 9.17) is 4.74 Å². The summed E-state index contributed by atoms with van der Waals surface area (Å²) >= 11 is 1.60. The highest BCUT2D eigenvalue weighted by Crippen LogP contribution is 2.34. The summed E-state index contributed by atoms with van der Waals surface area (Å²) < 4.78 is 6.86. The molecule has 0 fully saturated rings. The Morgan fingerprint density at radius 1 is 1.23 bits per heavy atom. The zero-order valence-electron chi connectivity index (χ0n) is 16.6. The fourth-order valence-corrected chi connectivity index (χ4v) is 5.48. The van der Waals surface area contributed by atoms with Crippen LogP contribution in [0.3, 0.4) is 0 Å². The molecular weight excluding hydrogens is 402 g/mol. The van der Waals surface area contributed by atoms with Gasteiger partial charge in [0.2, 0.25) is 0 Å². The number of ketones is 1. The summed E-state index contributed by atoms with van der Waals surface area (Å²) in [5.41, 5.74) is 1.99. The minimum atomic E-state index is -0.209. The van der Waals surface area contributed by atoms with Crippen molar-refractivity contribution in [1.29, 1.82) is 0 Å². The molecule has 154 valence electrons. The van der Waals surface area contributed by atoms with E-state index < -0.39 is 0 Å². The van der Waals surface area contributed by atoms with Crippen LogP contribution in [0.2, 0.25) is 0 Å². The number of Topliss-reactive ketones (excluding diaryl/α,β-unsaturated/α-hetero) is 1. The first-order chi connectivity index (χ1) is 14.6. The molecule has 2 aromatic heterocycles. The van der Waals surface area contributed by atoms with Crippen molar-refractivity contribution in [2.75, 3.05) is 18.1 Å². The van der Waals surface area contributed by atoms with Crippen LogP contribution in [0.5, 0.6) is 5.75 Å². The minimum Gasteiger partial charge on any atom is -0.482 e. The Morgan fingerprint density at radius 3 is 2.90 bits per heavy atom. The van der Waals surface area contributed by atoms with Crippen LogP contribution in [0.15, 0.2) is 29.3 Å². The van der Waals surface area contributed by atoms with E-state index in [0.717, 1.165) is 36.1 Å². The summed E-state index contributed by atoms with van der Waals surface area (Å²) in [5.74, 6) is 0.236. The Labute approximate surface area is 176 Å². The largest absolute Gasteiger partial charge is 0.482 e. The van der Waals surface area contributed by atoms with Gasteiger partial charge in [0.1, 0.15) is 10.6 Å². The van der Waals surface area contributed by atoms with Crippen LogP contribution in [0, 0.1) is 0 Å². The number of carbonyl (C=O) groups excluding carboxylic acids is 2. The van der Waals surface area contributed by atoms with Crippen molar-refractivity contribution >= 4 is 38.9 Å². The van der Waals surface area contributed by atoms with Gasteiger partial charge in [-0.25, -0.2) is 4.98 Å². The third-order valence-corrected chi connectivity index (χ3v) is 7.00.